The van der Waals surface area contributed by atoms with E-state index in [1.54, 1.807) is 19.2 Å². The topological polar surface area (TPSA) is 76.0 Å². The van der Waals surface area contributed by atoms with Crippen molar-refractivity contribution in [1.82, 2.24) is 4.98 Å². The first kappa shape index (κ1) is 26.9. The van der Waals surface area contributed by atoms with Crippen molar-refractivity contribution in [3.63, 3.8) is 0 Å². The first-order valence-corrected chi connectivity index (χ1v) is 11.5. The van der Waals surface area contributed by atoms with E-state index in [1.807, 2.05) is 32.0 Å². The summed E-state index contributed by atoms with van der Waals surface area (Å²) < 4.78 is 47.7. The number of pyridine rings is 1. The minimum Gasteiger partial charge on any atom is -0.476 e. The average Bonchev–Trinajstić information content (AvgIpc) is 2.85. The summed E-state index contributed by atoms with van der Waals surface area (Å²) in [5, 5.41) is 2.80. The van der Waals surface area contributed by atoms with Crippen LogP contribution in [0.3, 0.4) is 0 Å². The van der Waals surface area contributed by atoms with Crippen molar-refractivity contribution in [2.24, 2.45) is 4.99 Å². The number of rotatable bonds is 8. The van der Waals surface area contributed by atoms with Gasteiger partial charge >= 0.3 is 6.30 Å². The van der Waals surface area contributed by atoms with E-state index in [1.165, 1.54) is 12.2 Å². The minimum absolute atomic E-state index is 0.197. The van der Waals surface area contributed by atoms with Gasteiger partial charge in [0.2, 0.25) is 5.88 Å². The quantitative estimate of drug-likeness (QED) is 0.229. The van der Waals surface area contributed by atoms with Crippen molar-refractivity contribution in [2.75, 3.05) is 43.1 Å². The van der Waals surface area contributed by atoms with Crippen LogP contribution in [-0.2, 0) is 9.53 Å². The number of halogens is 3. The SMILES string of the molecule is C\C=C(/C=C\C=N\C(F)(F)F)C(=O)Nc1ccc(C)c(-c2cnc(OCC)c(N3CCOCC3)c2)c1. The largest absolute Gasteiger partial charge is 0.503 e. The molecule has 7 nitrogen and oxygen atoms in total. The summed E-state index contributed by atoms with van der Waals surface area (Å²) in [6, 6.07) is 7.52. The number of carbonyl (C=O) groups excluding carboxylic acids is 1. The van der Waals surface area contributed by atoms with Gasteiger partial charge in [-0.3, -0.25) is 4.79 Å². The van der Waals surface area contributed by atoms with Gasteiger partial charge in [0.05, 0.1) is 19.8 Å². The summed E-state index contributed by atoms with van der Waals surface area (Å²) in [6.45, 7) is 8.70. The first-order chi connectivity index (χ1) is 17.2. The zero-order valence-electron chi connectivity index (χ0n) is 20.4. The summed E-state index contributed by atoms with van der Waals surface area (Å²) >= 11 is 0. The Morgan fingerprint density at radius 3 is 2.69 bits per heavy atom. The molecule has 1 aromatic heterocycles. The van der Waals surface area contributed by atoms with Crippen LogP contribution in [0.25, 0.3) is 11.1 Å². The van der Waals surface area contributed by atoms with Gasteiger partial charge in [-0.15, -0.1) is 13.2 Å². The number of aryl methyl sites for hydroxylation is 1. The molecule has 1 N–H and O–H groups in total. The number of nitrogens with one attached hydrogen (secondary N) is 1. The molecule has 10 heteroatoms. The monoisotopic (exact) mass is 502 g/mol. The van der Waals surface area contributed by atoms with E-state index in [0.29, 0.717) is 37.6 Å². The van der Waals surface area contributed by atoms with Crippen molar-refractivity contribution in [1.29, 1.82) is 0 Å². The van der Waals surface area contributed by atoms with E-state index >= 15 is 0 Å². The highest BCUT2D eigenvalue weighted by atomic mass is 19.4. The molecule has 0 bridgehead atoms. The Kier molecular flexibility index (Phi) is 9.24. The molecule has 0 unspecified atom stereocenters. The number of allylic oxidation sites excluding steroid dienone is 2. The van der Waals surface area contributed by atoms with Gasteiger partial charge in [0.15, 0.2) is 0 Å². The number of ether oxygens (including phenoxy) is 2. The van der Waals surface area contributed by atoms with Crippen LogP contribution < -0.4 is 15.0 Å². The molecule has 0 spiro atoms. The lowest BCUT2D eigenvalue weighted by Gasteiger charge is -2.30. The van der Waals surface area contributed by atoms with Gasteiger partial charge < -0.3 is 19.7 Å². The summed E-state index contributed by atoms with van der Waals surface area (Å²) in [5.41, 5.74) is 4.35. The molecule has 1 aliphatic rings. The third kappa shape index (κ3) is 7.42. The second-order valence-electron chi connectivity index (χ2n) is 7.91. The maximum atomic E-state index is 12.7. The highest BCUT2D eigenvalue weighted by Crippen LogP contribution is 2.34. The zero-order valence-corrected chi connectivity index (χ0v) is 20.4. The number of hydrogen-bond donors (Lipinski definition) is 1. The fourth-order valence-corrected chi connectivity index (χ4v) is 3.66. The Morgan fingerprint density at radius 2 is 2.03 bits per heavy atom. The van der Waals surface area contributed by atoms with E-state index in [-0.39, 0.29) is 5.57 Å². The molecular weight excluding hydrogens is 473 g/mol. The maximum absolute atomic E-state index is 12.7. The number of aliphatic imine (C=N–C) groups is 1. The predicted molar refractivity (Wildman–Crippen MR) is 135 cm³/mol. The Balaban J connectivity index is 1.84. The molecule has 192 valence electrons. The lowest BCUT2D eigenvalue weighted by atomic mass is 10.0. The number of aromatic nitrogens is 1. The van der Waals surface area contributed by atoms with E-state index in [2.05, 4.69) is 20.2 Å². The fraction of sp³-hybridized carbons (Fsp3) is 0.346. The van der Waals surface area contributed by atoms with Gasteiger partial charge in [-0.2, -0.15) is 4.99 Å². The van der Waals surface area contributed by atoms with Gasteiger partial charge in [0.1, 0.15) is 5.69 Å². The number of carbonyl (C=O) groups is 1. The Bertz CT molecular complexity index is 1150. The first-order valence-electron chi connectivity index (χ1n) is 11.5. The molecule has 1 saturated heterocycles. The maximum Gasteiger partial charge on any atom is 0.503 e. The van der Waals surface area contributed by atoms with Crippen molar-refractivity contribution in [2.45, 2.75) is 27.1 Å². The second-order valence-corrected chi connectivity index (χ2v) is 7.91. The fourth-order valence-electron chi connectivity index (χ4n) is 3.66. The normalized spacial score (nSPS) is 15.1. The van der Waals surface area contributed by atoms with Crippen LogP contribution in [0.15, 0.2) is 59.3 Å². The van der Waals surface area contributed by atoms with Crippen LogP contribution in [0.4, 0.5) is 24.5 Å². The predicted octanol–water partition coefficient (Wildman–Crippen LogP) is 5.32. The summed E-state index contributed by atoms with van der Waals surface area (Å²) in [5.74, 6) is 0.103. The van der Waals surface area contributed by atoms with Gasteiger partial charge in [-0.25, -0.2) is 4.98 Å². The molecule has 1 amide bonds. The number of nitrogens with zero attached hydrogens (tertiary/aromatic N) is 3. The molecule has 3 rings (SSSR count). The highest BCUT2D eigenvalue weighted by Gasteiger charge is 2.24. The molecule has 0 aliphatic carbocycles. The lowest BCUT2D eigenvalue weighted by Crippen LogP contribution is -2.36. The molecule has 0 atom stereocenters. The number of anilines is 2. The third-order valence-electron chi connectivity index (χ3n) is 5.43. The molecule has 2 aromatic rings. The van der Waals surface area contributed by atoms with Crippen LogP contribution in [0, 0.1) is 6.92 Å². The molecule has 36 heavy (non-hydrogen) atoms. The number of alkyl halides is 3. The molecule has 2 heterocycles. The van der Waals surface area contributed by atoms with Crippen molar-refractivity contribution in [3.8, 4) is 17.0 Å². The van der Waals surface area contributed by atoms with Gasteiger partial charge in [-0.1, -0.05) is 12.1 Å². The summed E-state index contributed by atoms with van der Waals surface area (Å²) in [7, 11) is 0. The number of amides is 1. The van der Waals surface area contributed by atoms with E-state index in [9.17, 15) is 18.0 Å². The molecular formula is C26H29F3N4O3. The van der Waals surface area contributed by atoms with Gasteiger partial charge in [-0.05, 0) is 62.2 Å². The van der Waals surface area contributed by atoms with E-state index < -0.39 is 12.2 Å². The molecule has 1 aromatic carbocycles. The Hall–Kier alpha value is -3.66. The minimum atomic E-state index is -4.65. The van der Waals surface area contributed by atoms with Crippen LogP contribution in [-0.4, -0.2) is 56.3 Å². The third-order valence-corrected chi connectivity index (χ3v) is 5.43. The molecule has 1 aliphatic heterocycles. The van der Waals surface area contributed by atoms with Crippen LogP contribution in [0.2, 0.25) is 0 Å². The van der Waals surface area contributed by atoms with E-state index in [0.717, 1.165) is 41.5 Å². The van der Waals surface area contributed by atoms with Crippen molar-refractivity contribution in [3.05, 3.63) is 59.8 Å². The average molecular weight is 503 g/mol. The second kappa shape index (κ2) is 12.3. The van der Waals surface area contributed by atoms with Crippen LogP contribution in [0.1, 0.15) is 19.4 Å². The summed E-state index contributed by atoms with van der Waals surface area (Å²) in [6.07, 6.45) is 1.53. The Labute approximate surface area is 208 Å². The standard InChI is InChI=1S/C26H29F3N4O3/c1-4-19(7-6-10-31-26(27,28)29)24(34)32-21-9-8-18(3)22(16-21)20-15-23(25(30-17-20)36-5-2)33-11-13-35-14-12-33/h4,6-10,15-17H,5,11-14H2,1-3H3,(H,32,34)/b7-6-,19-4+,31-10+. The van der Waals surface area contributed by atoms with Crippen molar-refractivity contribution >= 4 is 23.5 Å². The van der Waals surface area contributed by atoms with Crippen LogP contribution >= 0.6 is 0 Å². The van der Waals surface area contributed by atoms with Crippen LogP contribution in [0.5, 0.6) is 5.88 Å². The highest BCUT2D eigenvalue weighted by molar-refractivity contribution is 6.06. The Morgan fingerprint density at radius 1 is 1.28 bits per heavy atom. The van der Waals surface area contributed by atoms with Gasteiger partial charge in [0.25, 0.3) is 5.91 Å². The zero-order chi connectivity index (χ0) is 26.1. The molecule has 0 radical (unpaired) electrons. The lowest BCUT2D eigenvalue weighted by molar-refractivity contribution is -0.119. The number of morpholine rings is 1. The summed E-state index contributed by atoms with van der Waals surface area (Å²) in [4.78, 5) is 21.9. The molecule has 0 saturated carbocycles. The molecule has 1 fully saturated rings. The van der Waals surface area contributed by atoms with Gasteiger partial charge in [0, 0.05) is 42.3 Å². The number of hydrogen-bond acceptors (Lipinski definition) is 6. The van der Waals surface area contributed by atoms with Crippen molar-refractivity contribution < 1.29 is 27.4 Å². The number of benzene rings is 1. The van der Waals surface area contributed by atoms with E-state index in [4.69, 9.17) is 9.47 Å². The smallest absolute Gasteiger partial charge is 0.476 e.